The summed E-state index contributed by atoms with van der Waals surface area (Å²) in [4.78, 5) is 11.7. The van der Waals surface area contributed by atoms with Gasteiger partial charge in [0.25, 0.3) is 0 Å². The molecule has 2 heterocycles. The predicted octanol–water partition coefficient (Wildman–Crippen LogP) is -0.587. The molecule has 6 nitrogen and oxygen atoms in total. The molecule has 110 valence electrons. The van der Waals surface area contributed by atoms with E-state index in [1.807, 2.05) is 0 Å². The fraction of sp³-hybridized carbons (Fsp3) is 0.923. The Morgan fingerprint density at radius 3 is 2.47 bits per heavy atom. The molecule has 0 saturated carbocycles. The molecule has 0 bridgehead atoms. The highest BCUT2D eigenvalue weighted by atomic mass is 16.5. The summed E-state index contributed by atoms with van der Waals surface area (Å²) in [5, 5.41) is 16.2. The number of hydrogen-bond donors (Lipinski definition) is 3. The number of carbonyl (C=O) groups is 1. The minimum atomic E-state index is -0.725. The Hall–Kier alpha value is -0.690. The molecule has 0 aromatic carbocycles. The molecule has 2 aliphatic rings. The Bertz CT molecular complexity index is 286. The number of aliphatic hydroxyl groups is 1. The zero-order chi connectivity index (χ0) is 13.6. The summed E-state index contributed by atoms with van der Waals surface area (Å²) in [6.45, 7) is 3.31. The third-order valence-electron chi connectivity index (χ3n) is 3.75. The number of carbonyl (C=O) groups excluding carboxylic acids is 1. The monoisotopic (exact) mass is 272 g/mol. The first-order chi connectivity index (χ1) is 9.18. The molecule has 2 saturated heterocycles. The smallest absolute Gasteiger partial charge is 0.234 e. The van der Waals surface area contributed by atoms with Gasteiger partial charge in [0.05, 0.1) is 12.1 Å². The maximum Gasteiger partial charge on any atom is 0.234 e. The van der Waals surface area contributed by atoms with Crippen molar-refractivity contribution in [2.75, 3.05) is 39.5 Å². The van der Waals surface area contributed by atoms with Crippen LogP contribution in [0.25, 0.3) is 0 Å². The highest BCUT2D eigenvalue weighted by Crippen LogP contribution is 2.18. The highest BCUT2D eigenvalue weighted by Gasteiger charge is 2.29. The second-order valence-corrected chi connectivity index (χ2v) is 5.39. The molecule has 0 radical (unpaired) electrons. The second kappa shape index (κ2) is 7.19. The van der Waals surface area contributed by atoms with E-state index in [9.17, 15) is 9.90 Å². The van der Waals surface area contributed by atoms with Crippen LogP contribution in [-0.2, 0) is 14.3 Å². The molecular formula is C13H24N2O4. The topological polar surface area (TPSA) is 79.8 Å². The summed E-state index contributed by atoms with van der Waals surface area (Å²) in [5.41, 5.74) is -0.725. The predicted molar refractivity (Wildman–Crippen MR) is 69.9 cm³/mol. The van der Waals surface area contributed by atoms with Crippen LogP contribution in [0.15, 0.2) is 0 Å². The standard InChI is InChI=1S/C13H24N2O4/c16-12(15-11-1-5-18-6-2-11)9-14-10-13(17)3-7-19-8-4-13/h11,14,17H,1-10H2,(H,15,16). The lowest BCUT2D eigenvalue weighted by molar-refractivity contribution is -0.121. The van der Waals surface area contributed by atoms with Gasteiger partial charge in [-0.3, -0.25) is 4.79 Å². The van der Waals surface area contributed by atoms with E-state index in [0.717, 1.165) is 26.1 Å². The molecule has 6 heteroatoms. The summed E-state index contributed by atoms with van der Waals surface area (Å²) in [6, 6.07) is 0.231. The third-order valence-corrected chi connectivity index (χ3v) is 3.75. The lowest BCUT2D eigenvalue weighted by atomic mass is 9.94. The molecule has 0 aliphatic carbocycles. The van der Waals surface area contributed by atoms with Crippen molar-refractivity contribution in [1.29, 1.82) is 0 Å². The molecule has 19 heavy (non-hydrogen) atoms. The van der Waals surface area contributed by atoms with Gasteiger partial charge in [0.1, 0.15) is 0 Å². The van der Waals surface area contributed by atoms with E-state index >= 15 is 0 Å². The Morgan fingerprint density at radius 1 is 1.16 bits per heavy atom. The van der Waals surface area contributed by atoms with Crippen molar-refractivity contribution in [2.45, 2.75) is 37.3 Å². The van der Waals surface area contributed by atoms with Crippen LogP contribution in [0.4, 0.5) is 0 Å². The summed E-state index contributed by atoms with van der Waals surface area (Å²) in [5.74, 6) is -0.0115. The van der Waals surface area contributed by atoms with Crippen LogP contribution < -0.4 is 10.6 Å². The summed E-state index contributed by atoms with van der Waals surface area (Å²) in [6.07, 6.45) is 3.02. The van der Waals surface area contributed by atoms with E-state index in [2.05, 4.69) is 10.6 Å². The maximum absolute atomic E-state index is 11.7. The van der Waals surface area contributed by atoms with E-state index in [4.69, 9.17) is 9.47 Å². The second-order valence-electron chi connectivity index (χ2n) is 5.39. The van der Waals surface area contributed by atoms with Crippen LogP contribution in [0.2, 0.25) is 0 Å². The first kappa shape index (κ1) is 14.7. The highest BCUT2D eigenvalue weighted by molar-refractivity contribution is 5.78. The van der Waals surface area contributed by atoms with Gasteiger partial charge >= 0.3 is 0 Å². The van der Waals surface area contributed by atoms with E-state index in [1.165, 1.54) is 0 Å². The molecule has 0 spiro atoms. The van der Waals surface area contributed by atoms with E-state index < -0.39 is 5.60 Å². The van der Waals surface area contributed by atoms with E-state index in [1.54, 1.807) is 0 Å². The first-order valence-electron chi connectivity index (χ1n) is 7.06. The molecule has 0 aromatic rings. The number of nitrogens with one attached hydrogen (secondary N) is 2. The average Bonchev–Trinajstić information content (AvgIpc) is 2.40. The average molecular weight is 272 g/mol. The van der Waals surface area contributed by atoms with Crippen LogP contribution >= 0.6 is 0 Å². The van der Waals surface area contributed by atoms with Crippen molar-refractivity contribution in [3.05, 3.63) is 0 Å². The van der Waals surface area contributed by atoms with E-state index in [0.29, 0.717) is 32.6 Å². The van der Waals surface area contributed by atoms with Gasteiger partial charge in [-0.25, -0.2) is 0 Å². The summed E-state index contributed by atoms with van der Waals surface area (Å²) >= 11 is 0. The third kappa shape index (κ3) is 5.06. The zero-order valence-electron chi connectivity index (χ0n) is 11.3. The largest absolute Gasteiger partial charge is 0.388 e. The maximum atomic E-state index is 11.7. The summed E-state index contributed by atoms with van der Waals surface area (Å²) in [7, 11) is 0. The van der Waals surface area contributed by atoms with Gasteiger partial charge in [0.15, 0.2) is 0 Å². The lowest BCUT2D eigenvalue weighted by Gasteiger charge is -2.32. The molecule has 0 aromatic heterocycles. The number of rotatable bonds is 5. The molecule has 0 unspecified atom stereocenters. The van der Waals surface area contributed by atoms with Gasteiger partial charge in [0, 0.05) is 51.9 Å². The van der Waals surface area contributed by atoms with E-state index in [-0.39, 0.29) is 18.5 Å². The van der Waals surface area contributed by atoms with Crippen molar-refractivity contribution in [3.63, 3.8) is 0 Å². The zero-order valence-corrected chi connectivity index (χ0v) is 11.3. The molecule has 1 amide bonds. The quantitative estimate of drug-likeness (QED) is 0.623. The molecule has 0 atom stereocenters. The van der Waals surface area contributed by atoms with Gasteiger partial charge in [-0.05, 0) is 12.8 Å². The van der Waals surface area contributed by atoms with Gasteiger partial charge in [-0.2, -0.15) is 0 Å². The van der Waals surface area contributed by atoms with Crippen molar-refractivity contribution in [3.8, 4) is 0 Å². The van der Waals surface area contributed by atoms with Crippen LogP contribution in [-0.4, -0.2) is 62.2 Å². The molecule has 2 rings (SSSR count). The first-order valence-corrected chi connectivity index (χ1v) is 7.06. The van der Waals surface area contributed by atoms with Crippen LogP contribution in [0.5, 0.6) is 0 Å². The van der Waals surface area contributed by atoms with Gasteiger partial charge in [-0.15, -0.1) is 0 Å². The fourth-order valence-corrected chi connectivity index (χ4v) is 2.46. The number of amides is 1. The van der Waals surface area contributed by atoms with Crippen molar-refractivity contribution in [2.24, 2.45) is 0 Å². The van der Waals surface area contributed by atoms with Crippen LogP contribution in [0.3, 0.4) is 0 Å². The fourth-order valence-electron chi connectivity index (χ4n) is 2.46. The normalized spacial score (nSPS) is 24.1. The Kier molecular flexibility index (Phi) is 5.57. The van der Waals surface area contributed by atoms with Gasteiger partial charge < -0.3 is 25.2 Å². The molecule has 2 fully saturated rings. The van der Waals surface area contributed by atoms with Gasteiger partial charge in [-0.1, -0.05) is 0 Å². The Balaban J connectivity index is 1.60. The lowest BCUT2D eigenvalue weighted by Crippen LogP contribution is -2.48. The Labute approximate surface area is 113 Å². The number of hydrogen-bond acceptors (Lipinski definition) is 5. The van der Waals surface area contributed by atoms with Crippen molar-refractivity contribution >= 4 is 5.91 Å². The molecule has 3 N–H and O–H groups in total. The van der Waals surface area contributed by atoms with Crippen molar-refractivity contribution in [1.82, 2.24) is 10.6 Å². The Morgan fingerprint density at radius 2 is 1.79 bits per heavy atom. The molecule has 2 aliphatic heterocycles. The molecular weight excluding hydrogens is 248 g/mol. The SMILES string of the molecule is O=C(CNCC1(O)CCOCC1)NC1CCOCC1. The van der Waals surface area contributed by atoms with Gasteiger partial charge in [0.2, 0.25) is 5.91 Å². The minimum absolute atomic E-state index is 0.0115. The van der Waals surface area contributed by atoms with Crippen molar-refractivity contribution < 1.29 is 19.4 Å². The van der Waals surface area contributed by atoms with Crippen LogP contribution in [0, 0.1) is 0 Å². The van der Waals surface area contributed by atoms with Crippen LogP contribution in [0.1, 0.15) is 25.7 Å². The number of ether oxygens (including phenoxy) is 2. The summed E-state index contributed by atoms with van der Waals surface area (Å²) < 4.78 is 10.5. The minimum Gasteiger partial charge on any atom is -0.388 e.